The summed E-state index contributed by atoms with van der Waals surface area (Å²) in [5.74, 6) is -0.553. The van der Waals surface area contributed by atoms with Crippen molar-refractivity contribution in [3.63, 3.8) is 0 Å². The van der Waals surface area contributed by atoms with Crippen molar-refractivity contribution in [3.05, 3.63) is 95.8 Å². The van der Waals surface area contributed by atoms with E-state index in [1.807, 2.05) is 0 Å². The number of nitrogens with one attached hydrogen (secondary N) is 2. The quantitative estimate of drug-likeness (QED) is 0.448. The molecule has 0 radical (unpaired) electrons. The monoisotopic (exact) mass is 452 g/mol. The molecule has 0 bridgehead atoms. The molecule has 4 rings (SSSR count). The molecule has 1 heterocycles. The number of imidazole rings is 1. The Kier molecular flexibility index (Phi) is 6.12. The van der Waals surface area contributed by atoms with Crippen LogP contribution >= 0.6 is 0 Å². The molecule has 4 aromatic rings. The first kappa shape index (κ1) is 22.1. The summed E-state index contributed by atoms with van der Waals surface area (Å²) in [5.41, 5.74) is 0.454. The fourth-order valence-electron chi connectivity index (χ4n) is 3.46. The van der Waals surface area contributed by atoms with Crippen LogP contribution in [-0.4, -0.2) is 21.4 Å². The zero-order valence-electron chi connectivity index (χ0n) is 17.3. The normalized spacial score (nSPS) is 11.4. The number of hydrogen-bond acceptors (Lipinski definition) is 3. The molecule has 2 amide bonds. The lowest BCUT2D eigenvalue weighted by atomic mass is 10.1. The lowest BCUT2D eigenvalue weighted by molar-refractivity contribution is -0.137. The molecule has 0 aliphatic heterocycles. The molecule has 3 aromatic carbocycles. The van der Waals surface area contributed by atoms with Crippen LogP contribution in [0.1, 0.15) is 21.7 Å². The molecule has 33 heavy (non-hydrogen) atoms. The lowest BCUT2D eigenvalue weighted by Crippen LogP contribution is -2.27. The molecule has 0 unspecified atom stereocenters. The number of rotatable bonds is 6. The Morgan fingerprint density at radius 2 is 1.55 bits per heavy atom. The second-order valence-corrected chi connectivity index (χ2v) is 7.24. The number of amides is 2. The Labute approximate surface area is 187 Å². The van der Waals surface area contributed by atoms with E-state index in [0.29, 0.717) is 22.4 Å². The summed E-state index contributed by atoms with van der Waals surface area (Å²) >= 11 is 0. The standard InChI is InChI=1S/C24H19F3N4O2/c25-24(26,27)17-10-4-5-11-18(17)30-22(32)15-31-20-13-7-6-12-19(20)29-21(31)14-28-23(33)16-8-2-1-3-9-16/h1-13H,14-15H2,(H,28,33)(H,30,32). The second-order valence-electron chi connectivity index (χ2n) is 7.24. The first-order valence-corrected chi connectivity index (χ1v) is 10.1. The predicted molar refractivity (Wildman–Crippen MR) is 117 cm³/mol. The molecule has 9 heteroatoms. The van der Waals surface area contributed by atoms with Gasteiger partial charge in [0, 0.05) is 5.56 Å². The molecule has 0 aliphatic carbocycles. The summed E-state index contributed by atoms with van der Waals surface area (Å²) in [6, 6.07) is 20.5. The third-order valence-electron chi connectivity index (χ3n) is 4.98. The Hall–Kier alpha value is -4.14. The second kappa shape index (κ2) is 9.15. The Morgan fingerprint density at radius 3 is 2.30 bits per heavy atom. The molecular formula is C24H19F3N4O2. The molecule has 2 N–H and O–H groups in total. The maximum atomic E-state index is 13.3. The highest BCUT2D eigenvalue weighted by molar-refractivity contribution is 5.94. The van der Waals surface area contributed by atoms with E-state index in [0.717, 1.165) is 6.07 Å². The van der Waals surface area contributed by atoms with E-state index in [9.17, 15) is 22.8 Å². The maximum Gasteiger partial charge on any atom is 0.418 e. The number of carbonyl (C=O) groups is 2. The number of aromatic nitrogens is 2. The van der Waals surface area contributed by atoms with Gasteiger partial charge < -0.3 is 15.2 Å². The molecule has 0 fully saturated rings. The molecule has 0 spiro atoms. The molecule has 168 valence electrons. The summed E-state index contributed by atoms with van der Waals surface area (Å²) in [7, 11) is 0. The van der Waals surface area contributed by atoms with Crippen molar-refractivity contribution in [2.45, 2.75) is 19.3 Å². The minimum atomic E-state index is -4.60. The zero-order valence-corrected chi connectivity index (χ0v) is 17.3. The van der Waals surface area contributed by atoms with Crippen LogP contribution < -0.4 is 10.6 Å². The van der Waals surface area contributed by atoms with Crippen LogP contribution in [0.5, 0.6) is 0 Å². The highest BCUT2D eigenvalue weighted by atomic mass is 19.4. The number of fused-ring (bicyclic) bond motifs is 1. The van der Waals surface area contributed by atoms with Crippen molar-refractivity contribution in [2.75, 3.05) is 5.32 Å². The minimum absolute atomic E-state index is 0.0365. The van der Waals surface area contributed by atoms with Gasteiger partial charge in [-0.2, -0.15) is 13.2 Å². The first-order valence-electron chi connectivity index (χ1n) is 10.1. The summed E-state index contributed by atoms with van der Waals surface area (Å²) in [6.45, 7) is -0.238. The van der Waals surface area contributed by atoms with Gasteiger partial charge in [-0.15, -0.1) is 0 Å². The van der Waals surface area contributed by atoms with Crippen molar-refractivity contribution in [3.8, 4) is 0 Å². The van der Waals surface area contributed by atoms with Crippen LogP contribution in [0.4, 0.5) is 18.9 Å². The Balaban J connectivity index is 1.56. The molecule has 0 saturated carbocycles. The average Bonchev–Trinajstić information content (AvgIpc) is 3.15. The van der Waals surface area contributed by atoms with Gasteiger partial charge in [-0.1, -0.05) is 42.5 Å². The Bertz CT molecular complexity index is 1300. The highest BCUT2D eigenvalue weighted by Crippen LogP contribution is 2.34. The van der Waals surface area contributed by atoms with Crippen molar-refractivity contribution in [1.82, 2.24) is 14.9 Å². The van der Waals surface area contributed by atoms with Gasteiger partial charge in [0.05, 0.1) is 28.8 Å². The fraction of sp³-hybridized carbons (Fsp3) is 0.125. The molecule has 1 aromatic heterocycles. The van der Waals surface area contributed by atoms with Gasteiger partial charge in [0.25, 0.3) is 5.91 Å². The van der Waals surface area contributed by atoms with E-state index >= 15 is 0 Å². The van der Waals surface area contributed by atoms with Crippen LogP contribution in [0, 0.1) is 0 Å². The summed E-state index contributed by atoms with van der Waals surface area (Å²) in [5, 5.41) is 5.11. The zero-order chi connectivity index (χ0) is 23.4. The number of anilines is 1. The van der Waals surface area contributed by atoms with Gasteiger partial charge in [0.15, 0.2) is 0 Å². The number of halogens is 3. The topological polar surface area (TPSA) is 76.0 Å². The van der Waals surface area contributed by atoms with Crippen LogP contribution in [-0.2, 0) is 24.1 Å². The lowest BCUT2D eigenvalue weighted by Gasteiger charge is -2.15. The minimum Gasteiger partial charge on any atom is -0.345 e. The number of nitrogens with zero attached hydrogens (tertiary/aromatic N) is 2. The number of hydrogen-bond donors (Lipinski definition) is 2. The summed E-state index contributed by atoms with van der Waals surface area (Å²) in [6.07, 6.45) is -4.60. The average molecular weight is 452 g/mol. The molecule has 0 aliphatic rings. The number of carbonyl (C=O) groups excluding carboxylic acids is 2. The van der Waals surface area contributed by atoms with E-state index < -0.39 is 17.6 Å². The highest BCUT2D eigenvalue weighted by Gasteiger charge is 2.33. The van der Waals surface area contributed by atoms with Crippen LogP contribution in [0.2, 0.25) is 0 Å². The van der Waals surface area contributed by atoms with Gasteiger partial charge in [0.2, 0.25) is 5.91 Å². The van der Waals surface area contributed by atoms with Gasteiger partial charge in [-0.25, -0.2) is 4.98 Å². The third kappa shape index (κ3) is 5.03. The number of alkyl halides is 3. The fourth-order valence-corrected chi connectivity index (χ4v) is 3.46. The maximum absolute atomic E-state index is 13.3. The largest absolute Gasteiger partial charge is 0.418 e. The van der Waals surface area contributed by atoms with Gasteiger partial charge in [0.1, 0.15) is 12.4 Å². The smallest absolute Gasteiger partial charge is 0.345 e. The van der Waals surface area contributed by atoms with E-state index in [1.54, 1.807) is 59.2 Å². The molecule has 0 saturated heterocycles. The van der Waals surface area contributed by atoms with Crippen LogP contribution in [0.3, 0.4) is 0 Å². The summed E-state index contributed by atoms with van der Waals surface area (Å²) < 4.78 is 41.3. The van der Waals surface area contributed by atoms with Gasteiger partial charge in [-0.05, 0) is 36.4 Å². The predicted octanol–water partition coefficient (Wildman–Crippen LogP) is 4.62. The van der Waals surface area contributed by atoms with E-state index in [2.05, 4.69) is 15.6 Å². The first-order chi connectivity index (χ1) is 15.8. The van der Waals surface area contributed by atoms with Crippen molar-refractivity contribution >= 4 is 28.5 Å². The van der Waals surface area contributed by atoms with Crippen LogP contribution in [0.15, 0.2) is 78.9 Å². The van der Waals surface area contributed by atoms with Gasteiger partial charge in [-0.3, -0.25) is 9.59 Å². The van der Waals surface area contributed by atoms with E-state index in [-0.39, 0.29) is 24.7 Å². The van der Waals surface area contributed by atoms with Crippen LogP contribution in [0.25, 0.3) is 11.0 Å². The molecule has 0 atom stereocenters. The molecular weight excluding hydrogens is 433 g/mol. The van der Waals surface area contributed by atoms with E-state index in [1.165, 1.54) is 18.2 Å². The Morgan fingerprint density at radius 1 is 0.879 bits per heavy atom. The van der Waals surface area contributed by atoms with Crippen molar-refractivity contribution < 1.29 is 22.8 Å². The number of para-hydroxylation sites is 3. The van der Waals surface area contributed by atoms with Gasteiger partial charge >= 0.3 is 6.18 Å². The number of benzene rings is 3. The van der Waals surface area contributed by atoms with Crippen molar-refractivity contribution in [2.24, 2.45) is 0 Å². The van der Waals surface area contributed by atoms with Crippen molar-refractivity contribution in [1.29, 1.82) is 0 Å². The SMILES string of the molecule is O=C(Cn1c(CNC(=O)c2ccccc2)nc2ccccc21)Nc1ccccc1C(F)(F)F. The third-order valence-corrected chi connectivity index (χ3v) is 4.98. The summed E-state index contributed by atoms with van der Waals surface area (Å²) in [4.78, 5) is 29.6. The van der Waals surface area contributed by atoms with E-state index in [4.69, 9.17) is 0 Å². The molecule has 6 nitrogen and oxygen atoms in total.